The summed E-state index contributed by atoms with van der Waals surface area (Å²) in [5.74, 6) is -0.293. The smallest absolute Gasteiger partial charge is 0.302 e. The van der Waals surface area contributed by atoms with Crippen LogP contribution < -0.4 is 11.5 Å². The molecule has 5 heteroatoms. The molecule has 0 amide bonds. The molecule has 0 radical (unpaired) electrons. The van der Waals surface area contributed by atoms with Crippen molar-refractivity contribution in [2.45, 2.75) is 26.2 Å². The molecule has 5 N–H and O–H groups in total. The van der Waals surface area contributed by atoms with Crippen molar-refractivity contribution in [2.75, 3.05) is 26.3 Å². The van der Waals surface area contributed by atoms with Crippen molar-refractivity contribution in [1.82, 2.24) is 0 Å². The minimum absolute atomic E-state index is 0.0767. The molecule has 0 saturated carbocycles. The molecule has 0 bridgehead atoms. The molecule has 0 saturated heterocycles. The molecule has 0 rings (SSSR count). The molecule has 0 aliphatic rings. The van der Waals surface area contributed by atoms with E-state index < -0.39 is 0 Å². The largest absolute Gasteiger partial charge is 0.466 e. The lowest BCUT2D eigenvalue weighted by Crippen LogP contribution is -2.03. The van der Waals surface area contributed by atoms with E-state index in [1.54, 1.807) is 0 Å². The van der Waals surface area contributed by atoms with Crippen LogP contribution in [0.1, 0.15) is 26.2 Å². The first kappa shape index (κ1) is 15.8. The molecule has 0 aliphatic carbocycles. The maximum Gasteiger partial charge on any atom is 0.302 e. The van der Waals surface area contributed by atoms with Crippen molar-refractivity contribution in [3.8, 4) is 0 Å². The van der Waals surface area contributed by atoms with Crippen LogP contribution in [0.15, 0.2) is 0 Å². The Bertz CT molecular complexity index is 117. The van der Waals surface area contributed by atoms with Crippen LogP contribution in [-0.2, 0) is 9.53 Å². The van der Waals surface area contributed by atoms with Gasteiger partial charge in [0.15, 0.2) is 0 Å². The van der Waals surface area contributed by atoms with E-state index in [9.17, 15) is 4.79 Å². The van der Waals surface area contributed by atoms with Gasteiger partial charge < -0.3 is 21.3 Å². The van der Waals surface area contributed by atoms with E-state index in [1.165, 1.54) is 6.92 Å². The normalized spacial score (nSPS) is 8.86. The summed E-state index contributed by atoms with van der Waals surface area (Å²) in [6.45, 7) is 3.30. The number of aliphatic hydroxyl groups excluding tert-OH is 1. The maximum absolute atomic E-state index is 10.0. The Hall–Kier alpha value is -0.650. The monoisotopic (exact) mass is 206 g/mol. The van der Waals surface area contributed by atoms with E-state index in [2.05, 4.69) is 4.74 Å². The Morgan fingerprint density at radius 3 is 2.00 bits per heavy atom. The summed E-state index contributed by atoms with van der Waals surface area (Å²) in [5, 5.41) is 8.19. The first-order chi connectivity index (χ1) is 6.68. The zero-order chi connectivity index (χ0) is 11.2. The van der Waals surface area contributed by atoms with Crippen molar-refractivity contribution >= 4 is 5.97 Å². The quantitative estimate of drug-likeness (QED) is 0.406. The number of carbonyl (C=O) groups excluding carboxylic acids is 1. The summed E-state index contributed by atoms with van der Waals surface area (Å²) in [6, 6.07) is 0. The number of ether oxygens (including phenoxy) is 1. The standard InChI is InChI=1S/C5H10O3.C4H12N2/c1-5(7)8-4-2-3-6;5-3-1-2-4-6/h6H,2-4H2,1H3;1-6H2. The molecule has 0 unspecified atom stereocenters. The third kappa shape index (κ3) is 22.5. The van der Waals surface area contributed by atoms with Gasteiger partial charge in [0.2, 0.25) is 0 Å². The fourth-order valence-electron chi connectivity index (χ4n) is 0.569. The van der Waals surface area contributed by atoms with E-state index in [-0.39, 0.29) is 12.6 Å². The molecule has 0 spiro atoms. The Morgan fingerprint density at radius 1 is 1.21 bits per heavy atom. The van der Waals surface area contributed by atoms with Gasteiger partial charge in [-0.25, -0.2) is 0 Å². The van der Waals surface area contributed by atoms with Gasteiger partial charge in [-0.1, -0.05) is 0 Å². The van der Waals surface area contributed by atoms with Gasteiger partial charge in [-0.3, -0.25) is 4.79 Å². The maximum atomic E-state index is 10.0. The molecule has 0 aliphatic heterocycles. The van der Waals surface area contributed by atoms with E-state index in [0.717, 1.165) is 25.9 Å². The number of aliphatic hydroxyl groups is 1. The van der Waals surface area contributed by atoms with Gasteiger partial charge in [-0.05, 0) is 25.9 Å². The first-order valence-electron chi connectivity index (χ1n) is 4.83. The van der Waals surface area contributed by atoms with Crippen molar-refractivity contribution in [3.63, 3.8) is 0 Å². The highest BCUT2D eigenvalue weighted by Gasteiger charge is 1.88. The van der Waals surface area contributed by atoms with Crippen molar-refractivity contribution in [2.24, 2.45) is 11.5 Å². The van der Waals surface area contributed by atoms with Gasteiger partial charge >= 0.3 is 5.97 Å². The third-order valence-electron chi connectivity index (χ3n) is 1.27. The van der Waals surface area contributed by atoms with Crippen LogP contribution in [-0.4, -0.2) is 37.4 Å². The number of hydrogen-bond acceptors (Lipinski definition) is 5. The second-order valence-electron chi connectivity index (χ2n) is 2.70. The Morgan fingerprint density at radius 2 is 1.71 bits per heavy atom. The zero-order valence-electron chi connectivity index (χ0n) is 8.87. The third-order valence-corrected chi connectivity index (χ3v) is 1.27. The molecule has 0 fully saturated rings. The second kappa shape index (κ2) is 14.9. The summed E-state index contributed by atoms with van der Waals surface area (Å²) in [7, 11) is 0. The topological polar surface area (TPSA) is 98.6 Å². The molecule has 5 nitrogen and oxygen atoms in total. The summed E-state index contributed by atoms with van der Waals surface area (Å²) in [6.07, 6.45) is 2.66. The highest BCUT2D eigenvalue weighted by molar-refractivity contribution is 5.65. The van der Waals surface area contributed by atoms with Crippen LogP contribution >= 0.6 is 0 Å². The lowest BCUT2D eigenvalue weighted by atomic mass is 10.3. The second-order valence-corrected chi connectivity index (χ2v) is 2.70. The van der Waals surface area contributed by atoms with Crippen molar-refractivity contribution in [3.05, 3.63) is 0 Å². The lowest BCUT2D eigenvalue weighted by Gasteiger charge is -1.96. The highest BCUT2D eigenvalue weighted by atomic mass is 16.5. The van der Waals surface area contributed by atoms with Gasteiger partial charge in [0.25, 0.3) is 0 Å². The SMILES string of the molecule is CC(=O)OCCCO.NCCCCN. The fraction of sp³-hybridized carbons (Fsp3) is 0.889. The number of nitrogens with two attached hydrogens (primary N) is 2. The van der Waals surface area contributed by atoms with Crippen LogP contribution in [0, 0.1) is 0 Å². The van der Waals surface area contributed by atoms with Crippen LogP contribution in [0.4, 0.5) is 0 Å². The molecule has 0 aromatic carbocycles. The number of hydrogen-bond donors (Lipinski definition) is 3. The van der Waals surface area contributed by atoms with E-state index in [1.807, 2.05) is 0 Å². The minimum Gasteiger partial charge on any atom is -0.466 e. The van der Waals surface area contributed by atoms with Gasteiger partial charge in [0.05, 0.1) is 6.61 Å². The van der Waals surface area contributed by atoms with Gasteiger partial charge in [0.1, 0.15) is 0 Å². The molecular formula is C9H22N2O3. The number of rotatable bonds is 6. The van der Waals surface area contributed by atoms with Gasteiger partial charge in [-0.15, -0.1) is 0 Å². The number of carbonyl (C=O) groups is 1. The van der Waals surface area contributed by atoms with E-state index in [4.69, 9.17) is 16.6 Å². The van der Waals surface area contributed by atoms with Crippen molar-refractivity contribution in [1.29, 1.82) is 0 Å². The van der Waals surface area contributed by atoms with Gasteiger partial charge in [0, 0.05) is 20.0 Å². The van der Waals surface area contributed by atoms with E-state index in [0.29, 0.717) is 13.0 Å². The predicted molar refractivity (Wildman–Crippen MR) is 55.7 cm³/mol. The molecule has 0 aromatic heterocycles. The van der Waals surface area contributed by atoms with E-state index >= 15 is 0 Å². The lowest BCUT2D eigenvalue weighted by molar-refractivity contribution is -0.141. The summed E-state index contributed by atoms with van der Waals surface area (Å²) in [5.41, 5.74) is 10.3. The average molecular weight is 206 g/mol. The molecule has 14 heavy (non-hydrogen) atoms. The Labute approximate surface area is 85.4 Å². The van der Waals surface area contributed by atoms with Crippen LogP contribution in [0.25, 0.3) is 0 Å². The Kier molecular flexibility index (Phi) is 16.8. The molecular weight excluding hydrogens is 184 g/mol. The predicted octanol–water partition coefficient (Wildman–Crippen LogP) is -0.384. The molecule has 0 aromatic rings. The van der Waals surface area contributed by atoms with Crippen molar-refractivity contribution < 1.29 is 14.6 Å². The summed E-state index contributed by atoms with van der Waals surface area (Å²) in [4.78, 5) is 10.0. The first-order valence-corrected chi connectivity index (χ1v) is 4.83. The summed E-state index contributed by atoms with van der Waals surface area (Å²) < 4.78 is 4.48. The summed E-state index contributed by atoms with van der Waals surface area (Å²) >= 11 is 0. The minimum atomic E-state index is -0.293. The average Bonchev–Trinajstić information content (AvgIpc) is 2.16. The van der Waals surface area contributed by atoms with Crippen LogP contribution in [0.2, 0.25) is 0 Å². The highest BCUT2D eigenvalue weighted by Crippen LogP contribution is 1.79. The molecule has 0 atom stereocenters. The fourth-order valence-corrected chi connectivity index (χ4v) is 0.569. The Balaban J connectivity index is 0. The van der Waals surface area contributed by atoms with Gasteiger partial charge in [-0.2, -0.15) is 0 Å². The number of unbranched alkanes of at least 4 members (excludes halogenated alkanes) is 1. The zero-order valence-corrected chi connectivity index (χ0v) is 8.87. The molecule has 0 heterocycles. The molecule has 86 valence electrons. The van der Waals surface area contributed by atoms with Crippen LogP contribution in [0.5, 0.6) is 0 Å². The van der Waals surface area contributed by atoms with Crippen LogP contribution in [0.3, 0.4) is 0 Å². The number of esters is 1.